The van der Waals surface area contributed by atoms with Crippen LogP contribution in [-0.4, -0.2) is 26.7 Å². The van der Waals surface area contributed by atoms with Crippen LogP contribution in [-0.2, 0) is 0 Å². The minimum absolute atomic E-state index is 0.639. The molecule has 0 aliphatic heterocycles. The third-order valence-corrected chi connectivity index (χ3v) is 3.07. The normalized spacial score (nSPS) is 11.6. The molecule has 0 radical (unpaired) electrons. The first-order chi connectivity index (χ1) is 8.24. The zero-order valence-electron chi connectivity index (χ0n) is 10.00. The summed E-state index contributed by atoms with van der Waals surface area (Å²) in [6.45, 7) is 2.58. The summed E-state index contributed by atoms with van der Waals surface area (Å²) in [5.41, 5.74) is 2.64. The van der Waals surface area contributed by atoms with E-state index >= 15 is 0 Å². The topological polar surface area (TPSA) is 15.3 Å². The molecular weight excluding hydrogens is 255 g/mol. The van der Waals surface area contributed by atoms with E-state index < -0.39 is 0 Å². The van der Waals surface area contributed by atoms with Gasteiger partial charge in [-0.05, 0) is 25.1 Å². The van der Waals surface area contributed by atoms with Crippen molar-refractivity contribution < 1.29 is 0 Å². The number of halogens is 2. The predicted molar refractivity (Wildman–Crippen MR) is 77.0 cm³/mol. The van der Waals surface area contributed by atoms with E-state index in [2.05, 4.69) is 41.5 Å². The summed E-state index contributed by atoms with van der Waals surface area (Å²) >= 11 is 11.2. The number of para-hydroxylation sites is 1. The van der Waals surface area contributed by atoms with Crippen LogP contribution < -0.4 is 10.2 Å². The Bertz CT molecular complexity index is 339. The van der Waals surface area contributed by atoms with Crippen LogP contribution in [0, 0.1) is 0 Å². The molecule has 4 heteroatoms. The van der Waals surface area contributed by atoms with Gasteiger partial charge in [-0.3, -0.25) is 0 Å². The van der Waals surface area contributed by atoms with Gasteiger partial charge in [0, 0.05) is 36.4 Å². The average Bonchev–Trinajstić information content (AvgIpc) is 2.38. The maximum absolute atomic E-state index is 5.76. The van der Waals surface area contributed by atoms with Gasteiger partial charge in [-0.25, -0.2) is 0 Å². The van der Waals surface area contributed by atoms with E-state index in [1.165, 1.54) is 11.2 Å². The molecule has 0 fully saturated rings. The Morgan fingerprint density at radius 3 is 2.71 bits per heavy atom. The van der Waals surface area contributed by atoms with Gasteiger partial charge in [0.05, 0.1) is 0 Å². The lowest BCUT2D eigenvalue weighted by molar-refractivity contribution is 0.682. The van der Waals surface area contributed by atoms with Gasteiger partial charge in [0.25, 0.3) is 0 Å². The smallest absolute Gasteiger partial charge is 0.0431 e. The molecule has 0 saturated carbocycles. The minimum Gasteiger partial charge on any atom is -0.375 e. The number of nitrogens with one attached hydrogen (secondary N) is 1. The third-order valence-electron chi connectivity index (χ3n) is 2.46. The van der Waals surface area contributed by atoms with Crippen molar-refractivity contribution in [2.75, 3.05) is 31.6 Å². The van der Waals surface area contributed by atoms with Crippen molar-refractivity contribution >= 4 is 28.9 Å². The molecule has 0 spiro atoms. The molecule has 17 heavy (non-hydrogen) atoms. The fraction of sp³-hybridized carbons (Fsp3) is 0.385. The number of anilines is 1. The van der Waals surface area contributed by atoms with Gasteiger partial charge in [-0.15, -0.1) is 0 Å². The van der Waals surface area contributed by atoms with Crippen molar-refractivity contribution in [1.82, 2.24) is 5.32 Å². The maximum Gasteiger partial charge on any atom is 0.0431 e. The largest absolute Gasteiger partial charge is 0.375 e. The summed E-state index contributed by atoms with van der Waals surface area (Å²) in [7, 11) is 2.10. The molecule has 1 aromatic carbocycles. The lowest BCUT2D eigenvalue weighted by Gasteiger charge is -2.19. The molecule has 0 atom stereocenters. The lowest BCUT2D eigenvalue weighted by Crippen LogP contribution is -2.24. The molecular formula is C13H18Cl2N2. The van der Waals surface area contributed by atoms with Gasteiger partial charge in [-0.2, -0.15) is 0 Å². The molecule has 0 unspecified atom stereocenters. The first-order valence-corrected chi connectivity index (χ1v) is 6.47. The van der Waals surface area contributed by atoms with E-state index in [0.29, 0.717) is 11.6 Å². The molecule has 94 valence electrons. The quantitative estimate of drug-likeness (QED) is 0.766. The van der Waals surface area contributed by atoms with E-state index in [1.54, 1.807) is 0 Å². The fourth-order valence-electron chi connectivity index (χ4n) is 1.50. The highest BCUT2D eigenvalue weighted by molar-refractivity contribution is 6.36. The number of hydrogen-bond donors (Lipinski definition) is 1. The van der Waals surface area contributed by atoms with Crippen LogP contribution in [0.1, 0.15) is 6.42 Å². The highest BCUT2D eigenvalue weighted by atomic mass is 35.5. The highest BCUT2D eigenvalue weighted by Crippen LogP contribution is 2.10. The number of hydrogen-bond acceptors (Lipinski definition) is 2. The number of benzene rings is 1. The van der Waals surface area contributed by atoms with E-state index in [4.69, 9.17) is 23.2 Å². The van der Waals surface area contributed by atoms with Crippen LogP contribution >= 0.6 is 23.2 Å². The summed E-state index contributed by atoms with van der Waals surface area (Å²) in [6.07, 6.45) is 1.07. The van der Waals surface area contributed by atoms with E-state index in [1.807, 2.05) is 6.07 Å². The van der Waals surface area contributed by atoms with Crippen LogP contribution in [0.4, 0.5) is 5.69 Å². The third kappa shape index (κ3) is 5.97. The first kappa shape index (κ1) is 14.4. The molecule has 1 aromatic rings. The Hall–Kier alpha value is -0.700. The maximum atomic E-state index is 5.76. The Kier molecular flexibility index (Phi) is 7.10. The molecule has 0 bridgehead atoms. The first-order valence-electron chi connectivity index (χ1n) is 5.65. The Morgan fingerprint density at radius 2 is 2.06 bits per heavy atom. The number of nitrogens with zero attached hydrogens (tertiary/aromatic N) is 1. The molecule has 1 rings (SSSR count). The molecule has 0 heterocycles. The second-order valence-electron chi connectivity index (χ2n) is 3.84. The van der Waals surface area contributed by atoms with Crippen LogP contribution in [0.2, 0.25) is 0 Å². The second kappa shape index (κ2) is 8.40. The van der Waals surface area contributed by atoms with Crippen molar-refractivity contribution in [1.29, 1.82) is 0 Å². The van der Waals surface area contributed by atoms with E-state index in [9.17, 15) is 0 Å². The minimum atomic E-state index is 0.639. The summed E-state index contributed by atoms with van der Waals surface area (Å²) in [5, 5.41) is 3.87. The van der Waals surface area contributed by atoms with Crippen LogP contribution in [0.15, 0.2) is 40.9 Å². The van der Waals surface area contributed by atoms with E-state index in [-0.39, 0.29) is 0 Å². The van der Waals surface area contributed by atoms with Gasteiger partial charge in [0.15, 0.2) is 0 Å². The van der Waals surface area contributed by atoms with Crippen molar-refractivity contribution in [3.05, 3.63) is 40.9 Å². The summed E-state index contributed by atoms with van der Waals surface area (Å²) in [5.74, 6) is 0. The standard InChI is InChI=1S/C13H18Cl2N2/c1-17(13-6-3-2-4-7-13)9-5-8-16-11-12(15)10-14/h2-4,6-7,10,16H,5,8-9,11H2,1H3. The summed E-state index contributed by atoms with van der Waals surface area (Å²) in [6, 6.07) is 10.4. The Balaban J connectivity index is 2.15. The summed E-state index contributed by atoms with van der Waals surface area (Å²) < 4.78 is 0. The van der Waals surface area contributed by atoms with E-state index in [0.717, 1.165) is 19.5 Å². The van der Waals surface area contributed by atoms with Gasteiger partial charge < -0.3 is 10.2 Å². The fourth-order valence-corrected chi connectivity index (χ4v) is 1.67. The molecule has 0 amide bonds. The molecule has 0 aliphatic rings. The molecule has 0 aromatic heterocycles. The number of rotatable bonds is 7. The van der Waals surface area contributed by atoms with Crippen LogP contribution in [0.25, 0.3) is 0 Å². The SMILES string of the molecule is CN(CCCNCC(Cl)=CCl)c1ccccc1. The zero-order chi connectivity index (χ0) is 12.5. The second-order valence-corrected chi connectivity index (χ2v) is 4.55. The van der Waals surface area contributed by atoms with Gasteiger partial charge in [0.2, 0.25) is 0 Å². The monoisotopic (exact) mass is 272 g/mol. The highest BCUT2D eigenvalue weighted by Gasteiger charge is 1.98. The lowest BCUT2D eigenvalue weighted by atomic mass is 10.3. The predicted octanol–water partition coefficient (Wildman–Crippen LogP) is 3.42. The molecule has 0 saturated heterocycles. The van der Waals surface area contributed by atoms with Crippen LogP contribution in [0.5, 0.6) is 0 Å². The van der Waals surface area contributed by atoms with Gasteiger partial charge in [0.1, 0.15) is 0 Å². The Labute approximate surface area is 113 Å². The van der Waals surface area contributed by atoms with Crippen molar-refractivity contribution in [2.24, 2.45) is 0 Å². The average molecular weight is 273 g/mol. The van der Waals surface area contributed by atoms with Crippen molar-refractivity contribution in [2.45, 2.75) is 6.42 Å². The summed E-state index contributed by atoms with van der Waals surface area (Å²) in [4.78, 5) is 2.24. The molecule has 0 aliphatic carbocycles. The van der Waals surface area contributed by atoms with Crippen LogP contribution in [0.3, 0.4) is 0 Å². The zero-order valence-corrected chi connectivity index (χ0v) is 11.5. The molecule has 2 nitrogen and oxygen atoms in total. The Morgan fingerprint density at radius 1 is 1.35 bits per heavy atom. The van der Waals surface area contributed by atoms with Crippen molar-refractivity contribution in [3.63, 3.8) is 0 Å². The van der Waals surface area contributed by atoms with Gasteiger partial charge in [-0.1, -0.05) is 41.4 Å². The van der Waals surface area contributed by atoms with Crippen molar-refractivity contribution in [3.8, 4) is 0 Å². The molecule has 1 N–H and O–H groups in total. The van der Waals surface area contributed by atoms with Gasteiger partial charge >= 0.3 is 0 Å².